The van der Waals surface area contributed by atoms with Crippen LogP contribution >= 0.6 is 11.8 Å². The number of nitrogens with one attached hydrogen (secondary N) is 1. The van der Waals surface area contributed by atoms with E-state index in [-0.39, 0.29) is 28.9 Å². The van der Waals surface area contributed by atoms with Crippen LogP contribution in [0.1, 0.15) is 50.5 Å². The number of thioether (sulfide) groups is 1. The highest BCUT2D eigenvalue weighted by Crippen LogP contribution is 2.42. The third-order valence-electron chi connectivity index (χ3n) is 5.16. The van der Waals surface area contributed by atoms with Crippen LogP contribution in [0.3, 0.4) is 0 Å². The van der Waals surface area contributed by atoms with Gasteiger partial charge in [-0.25, -0.2) is 4.39 Å². The second-order valence-corrected chi connectivity index (χ2v) is 8.34. The first-order chi connectivity index (χ1) is 14.0. The van der Waals surface area contributed by atoms with Crippen LogP contribution in [-0.2, 0) is 9.59 Å². The molecule has 1 aliphatic rings. The number of carbonyl (C=O) groups excluding carboxylic acids is 2. The van der Waals surface area contributed by atoms with E-state index in [1.807, 2.05) is 31.2 Å². The van der Waals surface area contributed by atoms with Crippen molar-refractivity contribution in [3.63, 3.8) is 0 Å². The Bertz CT molecular complexity index is 873. The molecule has 0 unspecified atom stereocenters. The minimum Gasteiger partial charge on any atom is -0.326 e. The molecule has 2 atom stereocenters. The van der Waals surface area contributed by atoms with Crippen LogP contribution in [0.4, 0.5) is 15.8 Å². The van der Waals surface area contributed by atoms with E-state index in [1.54, 1.807) is 17.0 Å². The van der Waals surface area contributed by atoms with Gasteiger partial charge < -0.3 is 5.32 Å². The molecule has 0 saturated carbocycles. The predicted molar refractivity (Wildman–Crippen MR) is 117 cm³/mol. The largest absolute Gasteiger partial charge is 0.326 e. The highest BCUT2D eigenvalue weighted by molar-refractivity contribution is 8.00. The van der Waals surface area contributed by atoms with Gasteiger partial charge in [0.05, 0.1) is 5.75 Å². The Morgan fingerprint density at radius 2 is 2.03 bits per heavy atom. The lowest BCUT2D eigenvalue weighted by Crippen LogP contribution is -2.28. The molecule has 1 aliphatic heterocycles. The van der Waals surface area contributed by atoms with Crippen molar-refractivity contribution >= 4 is 35.0 Å². The van der Waals surface area contributed by atoms with Crippen LogP contribution in [0.5, 0.6) is 0 Å². The lowest BCUT2D eigenvalue weighted by Gasteiger charge is -2.25. The molecule has 154 valence electrons. The molecule has 6 heteroatoms. The molecule has 0 radical (unpaired) electrons. The van der Waals surface area contributed by atoms with Crippen molar-refractivity contribution in [2.75, 3.05) is 16.0 Å². The summed E-state index contributed by atoms with van der Waals surface area (Å²) >= 11 is 1.50. The number of halogens is 1. The fourth-order valence-corrected chi connectivity index (χ4v) is 4.73. The van der Waals surface area contributed by atoms with Crippen molar-refractivity contribution in [2.45, 2.75) is 44.9 Å². The Hall–Kier alpha value is -2.34. The summed E-state index contributed by atoms with van der Waals surface area (Å²) in [6, 6.07) is 13.7. The zero-order valence-corrected chi connectivity index (χ0v) is 17.7. The average molecular weight is 415 g/mol. The fraction of sp³-hybridized carbons (Fsp3) is 0.391. The van der Waals surface area contributed by atoms with E-state index in [9.17, 15) is 14.0 Å². The highest BCUT2D eigenvalue weighted by atomic mass is 32.2. The van der Waals surface area contributed by atoms with Crippen LogP contribution in [-0.4, -0.2) is 17.6 Å². The Balaban J connectivity index is 1.79. The molecule has 1 N–H and O–H groups in total. The summed E-state index contributed by atoms with van der Waals surface area (Å²) in [4.78, 5) is 26.7. The molecule has 29 heavy (non-hydrogen) atoms. The minimum atomic E-state index is -0.371. The number of rotatable bonds is 8. The van der Waals surface area contributed by atoms with Crippen LogP contribution < -0.4 is 10.2 Å². The Kier molecular flexibility index (Phi) is 7.31. The van der Waals surface area contributed by atoms with E-state index >= 15 is 0 Å². The molecule has 0 aromatic heterocycles. The quantitative estimate of drug-likeness (QED) is 0.597. The van der Waals surface area contributed by atoms with E-state index in [4.69, 9.17) is 0 Å². The topological polar surface area (TPSA) is 49.4 Å². The second-order valence-electron chi connectivity index (χ2n) is 7.27. The third-order valence-corrected chi connectivity index (χ3v) is 6.38. The molecule has 2 aromatic rings. The van der Waals surface area contributed by atoms with Crippen molar-refractivity contribution in [1.29, 1.82) is 0 Å². The van der Waals surface area contributed by atoms with Crippen molar-refractivity contribution < 1.29 is 14.0 Å². The molecule has 1 saturated heterocycles. The summed E-state index contributed by atoms with van der Waals surface area (Å²) in [5, 5.41) is 2.78. The predicted octanol–water partition coefficient (Wildman–Crippen LogP) is 5.76. The van der Waals surface area contributed by atoms with Crippen LogP contribution in [0.25, 0.3) is 0 Å². The zero-order valence-electron chi connectivity index (χ0n) is 16.9. The molecule has 1 heterocycles. The molecule has 2 amide bonds. The van der Waals surface area contributed by atoms with Crippen molar-refractivity contribution in [1.82, 2.24) is 0 Å². The molecule has 1 fully saturated rings. The summed E-state index contributed by atoms with van der Waals surface area (Å²) in [5.41, 5.74) is 2.18. The fourth-order valence-electron chi connectivity index (χ4n) is 3.56. The summed E-state index contributed by atoms with van der Waals surface area (Å²) in [7, 11) is 0. The smallest absolute Gasteiger partial charge is 0.238 e. The molecular weight excluding hydrogens is 387 g/mol. The Morgan fingerprint density at radius 3 is 2.76 bits per heavy atom. The van der Waals surface area contributed by atoms with Gasteiger partial charge >= 0.3 is 0 Å². The summed E-state index contributed by atoms with van der Waals surface area (Å²) in [6.45, 7) is 4.16. The Morgan fingerprint density at radius 1 is 1.24 bits per heavy atom. The molecule has 4 nitrogen and oxygen atoms in total. The Labute approximate surface area is 175 Å². The van der Waals surface area contributed by atoms with Gasteiger partial charge in [-0.05, 0) is 48.7 Å². The third kappa shape index (κ3) is 5.18. The maximum Gasteiger partial charge on any atom is 0.238 e. The monoisotopic (exact) mass is 414 g/mol. The molecule has 0 aliphatic carbocycles. The minimum absolute atomic E-state index is 0.00447. The van der Waals surface area contributed by atoms with Gasteiger partial charge in [0.2, 0.25) is 11.8 Å². The van der Waals surface area contributed by atoms with E-state index < -0.39 is 0 Å². The first-order valence-corrected chi connectivity index (χ1v) is 11.2. The van der Waals surface area contributed by atoms with Crippen LogP contribution in [0.15, 0.2) is 48.5 Å². The number of benzene rings is 2. The number of nitrogens with zero attached hydrogens (tertiary/aromatic N) is 1. The average Bonchev–Trinajstić information content (AvgIpc) is 3.10. The van der Waals surface area contributed by atoms with Crippen molar-refractivity contribution in [3.8, 4) is 0 Å². The zero-order chi connectivity index (χ0) is 20.8. The number of unbranched alkanes of at least 4 members (excludes halogenated alkanes) is 1. The van der Waals surface area contributed by atoms with Gasteiger partial charge in [0, 0.05) is 17.3 Å². The normalized spacial score (nSPS) is 17.4. The van der Waals surface area contributed by atoms with E-state index in [1.165, 1.54) is 23.9 Å². The first kappa shape index (κ1) is 21.4. The number of hydrogen-bond acceptors (Lipinski definition) is 3. The molecule has 2 aromatic carbocycles. The number of hydrogen-bond donors (Lipinski definition) is 1. The molecule has 0 bridgehead atoms. The molecule has 0 spiro atoms. The van der Waals surface area contributed by atoms with Crippen molar-refractivity contribution in [2.24, 2.45) is 5.92 Å². The molecule has 3 rings (SSSR count). The summed E-state index contributed by atoms with van der Waals surface area (Å²) < 4.78 is 13.7. The van der Waals surface area contributed by atoms with E-state index in [0.29, 0.717) is 11.4 Å². The SMILES string of the molecule is CCCC[C@H](CC)C(=O)Nc1cccc([C@@H]2SCC(=O)N2c2cccc(F)c2)c1. The summed E-state index contributed by atoms with van der Waals surface area (Å²) in [5.74, 6) is -0.0393. The summed E-state index contributed by atoms with van der Waals surface area (Å²) in [6.07, 6.45) is 3.81. The lowest BCUT2D eigenvalue weighted by atomic mass is 9.98. The van der Waals surface area contributed by atoms with E-state index in [0.717, 1.165) is 36.9 Å². The van der Waals surface area contributed by atoms with Crippen LogP contribution in [0, 0.1) is 11.7 Å². The van der Waals surface area contributed by atoms with Gasteiger partial charge in [0.1, 0.15) is 11.2 Å². The van der Waals surface area contributed by atoms with Gasteiger partial charge in [0.25, 0.3) is 0 Å². The van der Waals surface area contributed by atoms with Gasteiger partial charge in [0.15, 0.2) is 0 Å². The maximum absolute atomic E-state index is 13.7. The van der Waals surface area contributed by atoms with Gasteiger partial charge in [-0.15, -0.1) is 11.8 Å². The molecular formula is C23H27FN2O2S. The number of anilines is 2. The standard InChI is InChI=1S/C23H27FN2O2S/c1-3-5-8-16(4-2)22(28)25-19-11-6-9-17(13-19)23-26(21(27)15-29-23)20-12-7-10-18(24)14-20/h6-7,9-14,16,23H,3-5,8,15H2,1-2H3,(H,25,28)/t16-,23-/m0/s1. The van der Waals surface area contributed by atoms with Gasteiger partial charge in [-0.1, -0.05) is 44.9 Å². The second kappa shape index (κ2) is 9.92. The van der Waals surface area contributed by atoms with Gasteiger partial charge in [-0.2, -0.15) is 0 Å². The number of amides is 2. The first-order valence-electron chi connectivity index (χ1n) is 10.1. The van der Waals surface area contributed by atoms with Gasteiger partial charge in [-0.3, -0.25) is 14.5 Å². The maximum atomic E-state index is 13.7. The highest BCUT2D eigenvalue weighted by Gasteiger charge is 2.34. The number of carbonyl (C=O) groups is 2. The van der Waals surface area contributed by atoms with E-state index in [2.05, 4.69) is 12.2 Å². The van der Waals surface area contributed by atoms with Crippen LogP contribution in [0.2, 0.25) is 0 Å². The van der Waals surface area contributed by atoms with Crippen molar-refractivity contribution in [3.05, 3.63) is 59.9 Å². The lowest BCUT2D eigenvalue weighted by molar-refractivity contribution is -0.120.